The fraction of sp³-hybridized carbons (Fsp3) is 0.684. The summed E-state index contributed by atoms with van der Waals surface area (Å²) < 4.78 is 6.36. The van der Waals surface area contributed by atoms with E-state index in [0.717, 1.165) is 5.56 Å². The van der Waals surface area contributed by atoms with Gasteiger partial charge in [-0.1, -0.05) is 65.0 Å². The molecule has 0 bridgehead atoms. The van der Waals surface area contributed by atoms with Crippen LogP contribution in [0.2, 0.25) is 18.1 Å². The summed E-state index contributed by atoms with van der Waals surface area (Å²) in [6, 6.07) is 10.1. The second-order valence-corrected chi connectivity index (χ2v) is 13.2. The standard InChI is InChI=1S/C19H35NO2Si/c1-15(2)18(14-22-23(7,8)19(4,5)6)20(21)16(3)17-12-10-9-11-13-17/h9-13,15-16,18,21H,14H2,1-8H3/t16-,18-/m1/s1. The lowest BCUT2D eigenvalue weighted by molar-refractivity contribution is -0.176. The molecule has 0 aliphatic heterocycles. The molecule has 23 heavy (non-hydrogen) atoms. The third-order valence-electron chi connectivity index (χ3n) is 5.21. The molecule has 0 aromatic heterocycles. The van der Waals surface area contributed by atoms with E-state index in [4.69, 9.17) is 4.43 Å². The van der Waals surface area contributed by atoms with E-state index in [1.54, 1.807) is 0 Å². The molecule has 0 saturated carbocycles. The molecule has 1 rings (SSSR count). The Morgan fingerprint density at radius 3 is 2.04 bits per heavy atom. The second-order valence-electron chi connectivity index (χ2n) is 8.35. The Labute approximate surface area is 143 Å². The predicted molar refractivity (Wildman–Crippen MR) is 100 cm³/mol. The summed E-state index contributed by atoms with van der Waals surface area (Å²) in [4.78, 5) is 0. The summed E-state index contributed by atoms with van der Waals surface area (Å²) in [6.07, 6.45) is 0. The lowest BCUT2D eigenvalue weighted by Gasteiger charge is -2.40. The smallest absolute Gasteiger partial charge is 0.192 e. The fourth-order valence-corrected chi connectivity index (χ4v) is 3.28. The number of benzene rings is 1. The van der Waals surface area contributed by atoms with E-state index >= 15 is 0 Å². The van der Waals surface area contributed by atoms with E-state index < -0.39 is 8.32 Å². The van der Waals surface area contributed by atoms with Crippen LogP contribution in [0.1, 0.15) is 53.1 Å². The zero-order chi connectivity index (χ0) is 17.8. The van der Waals surface area contributed by atoms with Gasteiger partial charge in [0.2, 0.25) is 0 Å². The van der Waals surface area contributed by atoms with Crippen LogP contribution in [0.15, 0.2) is 30.3 Å². The first-order valence-electron chi connectivity index (χ1n) is 8.63. The maximum absolute atomic E-state index is 10.8. The lowest BCUT2D eigenvalue weighted by Crippen LogP contribution is -2.47. The highest BCUT2D eigenvalue weighted by atomic mass is 28.4. The topological polar surface area (TPSA) is 32.7 Å². The lowest BCUT2D eigenvalue weighted by atomic mass is 10.0. The van der Waals surface area contributed by atoms with E-state index in [-0.39, 0.29) is 17.1 Å². The van der Waals surface area contributed by atoms with Crippen LogP contribution in [0.3, 0.4) is 0 Å². The molecule has 0 aliphatic carbocycles. The summed E-state index contributed by atoms with van der Waals surface area (Å²) in [5, 5.41) is 12.4. The predicted octanol–water partition coefficient (Wildman–Crippen LogP) is 5.49. The van der Waals surface area contributed by atoms with Crippen molar-refractivity contribution in [1.82, 2.24) is 5.06 Å². The zero-order valence-corrected chi connectivity index (χ0v) is 17.1. The SMILES string of the molecule is CC(C)[C@@H](CO[Si](C)(C)C(C)(C)C)N(O)[C@H](C)c1ccccc1. The third-order valence-corrected chi connectivity index (χ3v) is 9.71. The highest BCUT2D eigenvalue weighted by Gasteiger charge is 2.38. The van der Waals surface area contributed by atoms with Crippen molar-refractivity contribution in [1.29, 1.82) is 0 Å². The average molecular weight is 338 g/mol. The molecule has 1 aromatic carbocycles. The van der Waals surface area contributed by atoms with E-state index in [0.29, 0.717) is 12.5 Å². The van der Waals surface area contributed by atoms with Crippen LogP contribution in [0.5, 0.6) is 0 Å². The van der Waals surface area contributed by atoms with Crippen LogP contribution in [0.25, 0.3) is 0 Å². The molecule has 0 spiro atoms. The molecular weight excluding hydrogens is 302 g/mol. The second kappa shape index (κ2) is 7.93. The highest BCUT2D eigenvalue weighted by molar-refractivity contribution is 6.74. The van der Waals surface area contributed by atoms with Gasteiger partial charge >= 0.3 is 0 Å². The maximum atomic E-state index is 10.8. The van der Waals surface area contributed by atoms with Crippen molar-refractivity contribution >= 4 is 8.32 Å². The molecule has 132 valence electrons. The van der Waals surface area contributed by atoms with Crippen LogP contribution in [-0.4, -0.2) is 31.2 Å². The summed E-state index contributed by atoms with van der Waals surface area (Å²) in [5.41, 5.74) is 1.12. The fourth-order valence-electron chi connectivity index (χ4n) is 2.26. The van der Waals surface area contributed by atoms with Gasteiger partial charge in [0.25, 0.3) is 0 Å². The first-order chi connectivity index (χ1) is 10.5. The zero-order valence-electron chi connectivity index (χ0n) is 16.1. The van der Waals surface area contributed by atoms with Crippen LogP contribution >= 0.6 is 0 Å². The molecular formula is C19H35NO2Si. The molecule has 1 aromatic rings. The highest BCUT2D eigenvalue weighted by Crippen LogP contribution is 2.37. The largest absolute Gasteiger partial charge is 0.415 e. The maximum Gasteiger partial charge on any atom is 0.192 e. The van der Waals surface area contributed by atoms with Gasteiger partial charge in [0.1, 0.15) is 0 Å². The first-order valence-corrected chi connectivity index (χ1v) is 11.5. The van der Waals surface area contributed by atoms with E-state index in [1.165, 1.54) is 5.06 Å². The number of nitrogens with zero attached hydrogens (tertiary/aromatic N) is 1. The van der Waals surface area contributed by atoms with Crippen molar-refractivity contribution in [3.05, 3.63) is 35.9 Å². The molecule has 4 heteroatoms. The molecule has 2 atom stereocenters. The van der Waals surface area contributed by atoms with Gasteiger partial charge in [-0.3, -0.25) is 0 Å². The normalized spacial score (nSPS) is 16.0. The molecule has 0 aliphatic rings. The van der Waals surface area contributed by atoms with Gasteiger partial charge in [-0.25, -0.2) is 0 Å². The average Bonchev–Trinajstić information content (AvgIpc) is 2.45. The first kappa shape index (κ1) is 20.4. The van der Waals surface area contributed by atoms with E-state index in [2.05, 4.69) is 59.8 Å². The number of hydrogen-bond acceptors (Lipinski definition) is 3. The van der Waals surface area contributed by atoms with Gasteiger partial charge in [0, 0.05) is 0 Å². The van der Waals surface area contributed by atoms with Crippen LogP contribution < -0.4 is 0 Å². The van der Waals surface area contributed by atoms with Crippen LogP contribution in [0.4, 0.5) is 0 Å². The van der Waals surface area contributed by atoms with Crippen molar-refractivity contribution in [2.45, 2.75) is 71.8 Å². The monoisotopic (exact) mass is 337 g/mol. The Morgan fingerprint density at radius 1 is 1.09 bits per heavy atom. The molecule has 0 radical (unpaired) electrons. The summed E-state index contributed by atoms with van der Waals surface area (Å²) in [6.45, 7) is 18.1. The Balaban J connectivity index is 2.82. The van der Waals surface area contributed by atoms with Gasteiger partial charge in [-0.05, 0) is 36.5 Å². The molecule has 0 heterocycles. The van der Waals surface area contributed by atoms with E-state index in [9.17, 15) is 5.21 Å². The summed E-state index contributed by atoms with van der Waals surface area (Å²) in [7, 11) is -1.81. The number of rotatable bonds is 7. The minimum atomic E-state index is -1.81. The minimum absolute atomic E-state index is 0.0145. The van der Waals surface area contributed by atoms with Crippen molar-refractivity contribution in [3.8, 4) is 0 Å². The van der Waals surface area contributed by atoms with Gasteiger partial charge < -0.3 is 9.63 Å². The van der Waals surface area contributed by atoms with Gasteiger partial charge in [0.15, 0.2) is 8.32 Å². The van der Waals surface area contributed by atoms with Crippen LogP contribution in [0, 0.1) is 5.92 Å². The number of hydrogen-bond donors (Lipinski definition) is 1. The van der Waals surface area contributed by atoms with Gasteiger partial charge in [0.05, 0.1) is 18.7 Å². The minimum Gasteiger partial charge on any atom is -0.415 e. The Kier molecular flexibility index (Phi) is 7.02. The Bertz CT molecular complexity index is 468. The van der Waals surface area contributed by atoms with Gasteiger partial charge in [-0.15, -0.1) is 0 Å². The number of hydroxylamine groups is 2. The summed E-state index contributed by atoms with van der Waals surface area (Å²) >= 11 is 0. The third kappa shape index (κ3) is 5.42. The molecule has 0 fully saturated rings. The molecule has 0 amide bonds. The van der Waals surface area contributed by atoms with Crippen molar-refractivity contribution in [2.24, 2.45) is 5.92 Å². The summed E-state index contributed by atoms with van der Waals surface area (Å²) in [5.74, 6) is 0.316. The molecule has 0 unspecified atom stereocenters. The molecule has 3 nitrogen and oxygen atoms in total. The molecule has 1 N–H and O–H groups in total. The Hall–Kier alpha value is -0.683. The van der Waals surface area contributed by atoms with Gasteiger partial charge in [-0.2, -0.15) is 5.06 Å². The quantitative estimate of drug-likeness (QED) is 0.528. The van der Waals surface area contributed by atoms with Crippen LogP contribution in [-0.2, 0) is 4.43 Å². The van der Waals surface area contributed by atoms with Crippen molar-refractivity contribution < 1.29 is 9.63 Å². The van der Waals surface area contributed by atoms with E-state index in [1.807, 2.05) is 25.1 Å². The van der Waals surface area contributed by atoms with Crippen molar-refractivity contribution in [2.75, 3.05) is 6.61 Å². The van der Waals surface area contributed by atoms with Crippen molar-refractivity contribution in [3.63, 3.8) is 0 Å². The Morgan fingerprint density at radius 2 is 1.61 bits per heavy atom. The molecule has 0 saturated heterocycles.